The lowest BCUT2D eigenvalue weighted by Gasteiger charge is -2.11. The zero-order chi connectivity index (χ0) is 20.1. The average molecular weight is 372 g/mol. The minimum absolute atomic E-state index is 0.0546. The van der Waals surface area contributed by atoms with Gasteiger partial charge in [-0.05, 0) is 37.6 Å². The molecule has 0 saturated heterocycles. The van der Waals surface area contributed by atoms with Crippen LogP contribution in [-0.4, -0.2) is 26.9 Å². The van der Waals surface area contributed by atoms with Crippen molar-refractivity contribution in [2.75, 3.05) is 0 Å². The monoisotopic (exact) mass is 372 g/mol. The van der Waals surface area contributed by atoms with Gasteiger partial charge in [0.25, 0.3) is 11.5 Å². The van der Waals surface area contributed by atoms with Crippen LogP contribution in [0.15, 0.2) is 58.7 Å². The summed E-state index contributed by atoms with van der Waals surface area (Å²) in [5.41, 5.74) is 3.87. The Morgan fingerprint density at radius 2 is 2.11 bits per heavy atom. The van der Waals surface area contributed by atoms with Crippen LogP contribution in [0, 0.1) is 25.2 Å². The molecule has 0 radical (unpaired) electrons. The molecule has 0 saturated carbocycles. The molecule has 0 spiro atoms. The van der Waals surface area contributed by atoms with Crippen molar-refractivity contribution in [1.82, 2.24) is 20.2 Å². The van der Waals surface area contributed by atoms with Gasteiger partial charge in [-0.1, -0.05) is 18.2 Å². The number of aromatic nitrogens is 3. The summed E-state index contributed by atoms with van der Waals surface area (Å²) in [5.74, 6) is -0.629. The van der Waals surface area contributed by atoms with Gasteiger partial charge >= 0.3 is 0 Å². The summed E-state index contributed by atoms with van der Waals surface area (Å²) in [5, 5.41) is 17.4. The summed E-state index contributed by atoms with van der Waals surface area (Å²) < 4.78 is 1.05. The Kier molecular flexibility index (Phi) is 5.37. The standard InChI is InChI=1S/C20H16N6O2/c1-13-5-3-7-16(9-13)26-20(28)17(10-21)14(2)18(25-26)19(27)24-23-12-15-6-4-8-22-11-15/h3-9,11-12H,1-2H3,(H,24,27). The van der Waals surface area contributed by atoms with Crippen LogP contribution in [0.3, 0.4) is 0 Å². The normalized spacial score (nSPS) is 10.6. The summed E-state index contributed by atoms with van der Waals surface area (Å²) in [4.78, 5) is 29.1. The highest BCUT2D eigenvalue weighted by atomic mass is 16.2. The Morgan fingerprint density at radius 1 is 1.29 bits per heavy atom. The van der Waals surface area contributed by atoms with Crippen molar-refractivity contribution in [1.29, 1.82) is 5.26 Å². The quantitative estimate of drug-likeness (QED) is 0.555. The number of rotatable bonds is 4. The van der Waals surface area contributed by atoms with Gasteiger partial charge in [0.15, 0.2) is 5.69 Å². The molecule has 138 valence electrons. The molecular weight excluding hydrogens is 356 g/mol. The van der Waals surface area contributed by atoms with Crippen molar-refractivity contribution < 1.29 is 4.79 Å². The van der Waals surface area contributed by atoms with Gasteiger partial charge in [0, 0.05) is 23.5 Å². The first-order chi connectivity index (χ1) is 13.5. The smallest absolute Gasteiger partial charge is 0.266 e. The van der Waals surface area contributed by atoms with Crippen molar-refractivity contribution in [3.05, 3.63) is 87.1 Å². The number of hydrogen-bond acceptors (Lipinski definition) is 6. The Morgan fingerprint density at radius 3 is 2.79 bits per heavy atom. The molecule has 0 fully saturated rings. The molecule has 8 heteroatoms. The van der Waals surface area contributed by atoms with Gasteiger partial charge in [0.05, 0.1) is 11.9 Å². The van der Waals surface area contributed by atoms with Gasteiger partial charge in [-0.2, -0.15) is 20.1 Å². The van der Waals surface area contributed by atoms with Crippen molar-refractivity contribution in [2.45, 2.75) is 13.8 Å². The summed E-state index contributed by atoms with van der Waals surface area (Å²) in [6.07, 6.45) is 4.65. The molecule has 1 N–H and O–H groups in total. The van der Waals surface area contributed by atoms with E-state index in [2.05, 4.69) is 20.6 Å². The molecule has 1 aromatic carbocycles. The maximum Gasteiger partial charge on any atom is 0.292 e. The number of benzene rings is 1. The highest BCUT2D eigenvalue weighted by molar-refractivity contribution is 5.94. The summed E-state index contributed by atoms with van der Waals surface area (Å²) >= 11 is 0. The number of hydrogen-bond donors (Lipinski definition) is 1. The fraction of sp³-hybridized carbons (Fsp3) is 0.100. The molecule has 0 aliphatic heterocycles. The van der Waals surface area contributed by atoms with E-state index >= 15 is 0 Å². The van der Waals surface area contributed by atoms with Crippen molar-refractivity contribution in [2.24, 2.45) is 5.10 Å². The molecule has 0 aliphatic carbocycles. The number of pyridine rings is 1. The van der Waals surface area contributed by atoms with Crippen molar-refractivity contribution in [3.63, 3.8) is 0 Å². The van der Waals surface area contributed by atoms with Gasteiger partial charge in [-0.3, -0.25) is 14.6 Å². The van der Waals surface area contributed by atoms with Gasteiger partial charge in [0.2, 0.25) is 0 Å². The van der Waals surface area contributed by atoms with Gasteiger partial charge in [-0.15, -0.1) is 0 Å². The topological polar surface area (TPSA) is 113 Å². The SMILES string of the molecule is Cc1cccc(-n2nc(C(=O)NN=Cc3cccnc3)c(C)c(C#N)c2=O)c1. The third-order valence-electron chi connectivity index (χ3n) is 3.97. The molecule has 2 heterocycles. The van der Waals surface area contributed by atoms with Crippen LogP contribution in [0.1, 0.15) is 32.7 Å². The number of aryl methyl sites for hydroxylation is 1. The lowest BCUT2D eigenvalue weighted by molar-refractivity contribution is 0.0947. The van der Waals surface area contributed by atoms with E-state index in [1.807, 2.05) is 19.1 Å². The summed E-state index contributed by atoms with van der Waals surface area (Å²) in [6.45, 7) is 3.38. The minimum Gasteiger partial charge on any atom is -0.266 e. The van der Waals surface area contributed by atoms with E-state index in [9.17, 15) is 14.9 Å². The van der Waals surface area contributed by atoms with Gasteiger partial charge in [0.1, 0.15) is 11.6 Å². The van der Waals surface area contributed by atoms with Crippen LogP contribution >= 0.6 is 0 Å². The Hall–Kier alpha value is -4.12. The zero-order valence-corrected chi connectivity index (χ0v) is 15.2. The first-order valence-electron chi connectivity index (χ1n) is 8.35. The molecule has 0 unspecified atom stereocenters. The average Bonchev–Trinajstić information content (AvgIpc) is 2.69. The third-order valence-corrected chi connectivity index (χ3v) is 3.97. The minimum atomic E-state index is -0.629. The molecule has 0 atom stereocenters. The number of hydrazone groups is 1. The number of amides is 1. The maximum absolute atomic E-state index is 12.6. The van der Waals surface area contributed by atoms with Gasteiger partial charge < -0.3 is 0 Å². The molecule has 0 aliphatic rings. The maximum atomic E-state index is 12.6. The molecule has 28 heavy (non-hydrogen) atoms. The molecule has 1 amide bonds. The van der Waals surface area contributed by atoms with Crippen LogP contribution in [0.2, 0.25) is 0 Å². The zero-order valence-electron chi connectivity index (χ0n) is 15.2. The molecule has 0 bridgehead atoms. The second-order valence-corrected chi connectivity index (χ2v) is 6.00. The summed E-state index contributed by atoms with van der Waals surface area (Å²) in [7, 11) is 0. The van der Waals surface area contributed by atoms with Crippen molar-refractivity contribution in [3.8, 4) is 11.8 Å². The summed E-state index contributed by atoms with van der Waals surface area (Å²) in [6, 6.07) is 12.4. The highest BCUT2D eigenvalue weighted by Gasteiger charge is 2.20. The lowest BCUT2D eigenvalue weighted by Crippen LogP contribution is -2.31. The molecule has 3 rings (SSSR count). The van der Waals surface area contributed by atoms with E-state index in [1.54, 1.807) is 42.7 Å². The van der Waals surface area contributed by atoms with Gasteiger partial charge in [-0.25, -0.2) is 5.43 Å². The van der Waals surface area contributed by atoms with E-state index in [1.165, 1.54) is 13.1 Å². The molecular formula is C20H16N6O2. The van der Waals surface area contributed by atoms with E-state index in [0.29, 0.717) is 11.3 Å². The molecule has 3 aromatic rings. The molecule has 2 aromatic heterocycles. The Labute approximate surface area is 160 Å². The predicted octanol–water partition coefficient (Wildman–Crippen LogP) is 1.88. The van der Waals surface area contributed by atoms with Crippen LogP contribution in [0.4, 0.5) is 0 Å². The second-order valence-electron chi connectivity index (χ2n) is 6.00. The van der Waals surface area contributed by atoms with E-state index in [4.69, 9.17) is 0 Å². The molecule has 8 nitrogen and oxygen atoms in total. The number of nitrogens with zero attached hydrogens (tertiary/aromatic N) is 5. The van der Waals surface area contributed by atoms with Crippen LogP contribution < -0.4 is 11.0 Å². The van der Waals surface area contributed by atoms with Crippen LogP contribution in [0.25, 0.3) is 5.69 Å². The first kappa shape index (κ1) is 18.7. The highest BCUT2D eigenvalue weighted by Crippen LogP contribution is 2.11. The number of nitrogens with one attached hydrogen (secondary N) is 1. The number of nitriles is 1. The Balaban J connectivity index is 2.00. The van der Waals surface area contributed by atoms with Crippen LogP contribution in [-0.2, 0) is 0 Å². The second kappa shape index (κ2) is 8.05. The van der Waals surface area contributed by atoms with Crippen molar-refractivity contribution >= 4 is 12.1 Å². The number of carbonyl (C=O) groups excluding carboxylic acids is 1. The first-order valence-corrected chi connectivity index (χ1v) is 8.35. The van der Waals surface area contributed by atoms with Crippen LogP contribution in [0.5, 0.6) is 0 Å². The third kappa shape index (κ3) is 3.83. The Bertz CT molecular complexity index is 1160. The number of carbonyl (C=O) groups is 1. The van der Waals surface area contributed by atoms with E-state index in [0.717, 1.165) is 10.2 Å². The lowest BCUT2D eigenvalue weighted by atomic mass is 10.1. The largest absolute Gasteiger partial charge is 0.292 e. The predicted molar refractivity (Wildman–Crippen MR) is 103 cm³/mol. The fourth-order valence-electron chi connectivity index (χ4n) is 2.56. The van der Waals surface area contributed by atoms with E-state index < -0.39 is 11.5 Å². The fourth-order valence-corrected chi connectivity index (χ4v) is 2.56. The van der Waals surface area contributed by atoms with E-state index in [-0.39, 0.29) is 16.8 Å².